The zero-order valence-corrected chi connectivity index (χ0v) is 15.1. The summed E-state index contributed by atoms with van der Waals surface area (Å²) in [6.07, 6.45) is 2.43. The molecule has 0 spiro atoms. The number of aryl methyl sites for hydroxylation is 2. The fourth-order valence-corrected chi connectivity index (χ4v) is 3.16. The molecule has 25 heavy (non-hydrogen) atoms. The van der Waals surface area contributed by atoms with E-state index in [1.165, 1.54) is 16.9 Å². The molecule has 7 nitrogen and oxygen atoms in total. The van der Waals surface area contributed by atoms with E-state index in [1.807, 2.05) is 37.3 Å². The van der Waals surface area contributed by atoms with E-state index in [2.05, 4.69) is 20.6 Å². The number of nitrogens with zero attached hydrogens (tertiary/aromatic N) is 2. The minimum atomic E-state index is -0.344. The number of hydrogen-bond donors (Lipinski definition) is 4. The van der Waals surface area contributed by atoms with Crippen molar-refractivity contribution in [3.05, 3.63) is 46.5 Å². The summed E-state index contributed by atoms with van der Waals surface area (Å²) in [5.74, 6) is 0.123. The van der Waals surface area contributed by atoms with Gasteiger partial charge < -0.3 is 16.8 Å². The number of anilines is 1. The van der Waals surface area contributed by atoms with Crippen LogP contribution in [0.1, 0.15) is 22.6 Å². The highest BCUT2D eigenvalue weighted by molar-refractivity contribution is 7.15. The van der Waals surface area contributed by atoms with Crippen LogP contribution in [0.5, 0.6) is 0 Å². The summed E-state index contributed by atoms with van der Waals surface area (Å²) in [5.41, 5.74) is 13.5. The van der Waals surface area contributed by atoms with Gasteiger partial charge in [-0.25, -0.2) is 9.78 Å². The molecule has 2 amide bonds. The van der Waals surface area contributed by atoms with Crippen LogP contribution in [-0.4, -0.2) is 30.1 Å². The van der Waals surface area contributed by atoms with Gasteiger partial charge in [-0.2, -0.15) is 0 Å². The molecule has 1 aromatic heterocycles. The SMILES string of the molecule is Cc1nc(N)sc1CCCN=C(N)NC(=O)NCCc1ccccc1. The predicted octanol–water partition coefficient (Wildman–Crippen LogP) is 1.82. The Kier molecular flexibility index (Phi) is 7.21. The normalized spacial score (nSPS) is 11.3. The van der Waals surface area contributed by atoms with Crippen LogP contribution in [0.4, 0.5) is 9.93 Å². The number of aromatic nitrogens is 1. The zero-order valence-electron chi connectivity index (χ0n) is 14.3. The van der Waals surface area contributed by atoms with Crippen LogP contribution in [0, 0.1) is 6.92 Å². The van der Waals surface area contributed by atoms with Gasteiger partial charge in [0.05, 0.1) is 5.69 Å². The smallest absolute Gasteiger partial charge is 0.321 e. The molecule has 2 aromatic rings. The van der Waals surface area contributed by atoms with E-state index in [0.717, 1.165) is 29.8 Å². The Morgan fingerprint density at radius 2 is 2.04 bits per heavy atom. The molecule has 0 atom stereocenters. The lowest BCUT2D eigenvalue weighted by Gasteiger charge is -2.07. The van der Waals surface area contributed by atoms with E-state index < -0.39 is 0 Å². The van der Waals surface area contributed by atoms with E-state index in [0.29, 0.717) is 18.2 Å². The van der Waals surface area contributed by atoms with E-state index in [9.17, 15) is 4.79 Å². The highest BCUT2D eigenvalue weighted by Crippen LogP contribution is 2.20. The summed E-state index contributed by atoms with van der Waals surface area (Å²) in [7, 11) is 0. The molecule has 0 radical (unpaired) electrons. The molecule has 2 rings (SSSR count). The maximum absolute atomic E-state index is 11.7. The number of hydrogen-bond acceptors (Lipinski definition) is 5. The summed E-state index contributed by atoms with van der Waals surface area (Å²) in [6.45, 7) is 3.02. The minimum absolute atomic E-state index is 0.123. The van der Waals surface area contributed by atoms with Crippen molar-refractivity contribution in [3.63, 3.8) is 0 Å². The van der Waals surface area contributed by atoms with Crippen molar-refractivity contribution >= 4 is 28.5 Å². The number of urea groups is 1. The molecule has 0 bridgehead atoms. The number of nitrogens with one attached hydrogen (secondary N) is 2. The molecule has 134 valence electrons. The first-order valence-electron chi connectivity index (χ1n) is 8.15. The van der Waals surface area contributed by atoms with Crippen LogP contribution >= 0.6 is 11.3 Å². The first kappa shape index (κ1) is 18.7. The number of amides is 2. The zero-order chi connectivity index (χ0) is 18.1. The van der Waals surface area contributed by atoms with Gasteiger partial charge in [0.25, 0.3) is 0 Å². The number of nitrogens with two attached hydrogens (primary N) is 2. The number of aliphatic imine (C=N–C) groups is 1. The van der Waals surface area contributed by atoms with Gasteiger partial charge in [0.2, 0.25) is 0 Å². The third kappa shape index (κ3) is 6.80. The molecule has 0 saturated heterocycles. The van der Waals surface area contributed by atoms with Gasteiger partial charge in [0.1, 0.15) is 0 Å². The molecular formula is C17H24N6OS. The molecule has 0 aliphatic carbocycles. The summed E-state index contributed by atoms with van der Waals surface area (Å²) in [4.78, 5) is 21.2. The van der Waals surface area contributed by atoms with Crippen LogP contribution in [0.25, 0.3) is 0 Å². The maximum Gasteiger partial charge on any atom is 0.321 e. The van der Waals surface area contributed by atoms with Crippen LogP contribution in [-0.2, 0) is 12.8 Å². The second kappa shape index (κ2) is 9.63. The topological polar surface area (TPSA) is 118 Å². The standard InChI is InChI=1S/C17H24N6OS/c1-12-14(25-16(19)22-12)8-5-10-20-15(18)23-17(24)21-11-9-13-6-3-2-4-7-13/h2-4,6-7H,5,8-11H2,1H3,(H2,19,22)(H4,18,20,21,23,24). The molecule has 6 N–H and O–H groups in total. The molecule has 0 aliphatic heterocycles. The van der Waals surface area contributed by atoms with E-state index >= 15 is 0 Å². The summed E-state index contributed by atoms with van der Waals surface area (Å²) in [6, 6.07) is 9.61. The third-order valence-electron chi connectivity index (χ3n) is 3.54. The number of guanidine groups is 1. The van der Waals surface area contributed by atoms with Crippen molar-refractivity contribution in [1.82, 2.24) is 15.6 Å². The van der Waals surface area contributed by atoms with Crippen molar-refractivity contribution in [2.24, 2.45) is 10.7 Å². The van der Waals surface area contributed by atoms with Gasteiger partial charge in [-0.15, -0.1) is 11.3 Å². The molecule has 0 unspecified atom stereocenters. The Bertz CT molecular complexity index is 713. The second-order valence-corrected chi connectivity index (χ2v) is 6.66. The maximum atomic E-state index is 11.7. The number of thiazole rings is 1. The van der Waals surface area contributed by atoms with Gasteiger partial charge >= 0.3 is 6.03 Å². The van der Waals surface area contributed by atoms with E-state index in [1.54, 1.807) is 0 Å². The first-order chi connectivity index (χ1) is 12.0. The summed E-state index contributed by atoms with van der Waals surface area (Å²) in [5, 5.41) is 5.87. The Morgan fingerprint density at radius 3 is 2.72 bits per heavy atom. The van der Waals surface area contributed by atoms with Gasteiger partial charge in [-0.1, -0.05) is 30.3 Å². The third-order valence-corrected chi connectivity index (χ3v) is 4.58. The van der Waals surface area contributed by atoms with Gasteiger partial charge in [0.15, 0.2) is 11.1 Å². The van der Waals surface area contributed by atoms with Crippen LogP contribution in [0.15, 0.2) is 35.3 Å². The quantitative estimate of drug-likeness (QED) is 0.342. The van der Waals surface area contributed by atoms with E-state index in [-0.39, 0.29) is 12.0 Å². The lowest BCUT2D eigenvalue weighted by molar-refractivity contribution is 0.245. The number of nitrogen functional groups attached to an aromatic ring is 1. The molecule has 1 aromatic carbocycles. The van der Waals surface area contributed by atoms with Crippen molar-refractivity contribution in [1.29, 1.82) is 0 Å². The molecule has 0 saturated carbocycles. The highest BCUT2D eigenvalue weighted by Gasteiger charge is 2.05. The highest BCUT2D eigenvalue weighted by atomic mass is 32.1. The average Bonchev–Trinajstić information content (AvgIpc) is 2.90. The lowest BCUT2D eigenvalue weighted by Crippen LogP contribution is -2.44. The van der Waals surface area contributed by atoms with Crippen LogP contribution < -0.4 is 22.1 Å². The number of benzene rings is 1. The van der Waals surface area contributed by atoms with Crippen LogP contribution in [0.3, 0.4) is 0 Å². The molecule has 0 aliphatic rings. The number of carbonyl (C=O) groups is 1. The Labute approximate surface area is 151 Å². The van der Waals surface area contributed by atoms with Crippen molar-refractivity contribution in [2.45, 2.75) is 26.2 Å². The first-order valence-corrected chi connectivity index (χ1v) is 8.96. The summed E-state index contributed by atoms with van der Waals surface area (Å²) >= 11 is 1.50. The fraction of sp³-hybridized carbons (Fsp3) is 0.353. The Hall–Kier alpha value is -2.61. The monoisotopic (exact) mass is 360 g/mol. The molecule has 0 fully saturated rings. The molecule has 8 heteroatoms. The Balaban J connectivity index is 1.62. The fourth-order valence-electron chi connectivity index (χ4n) is 2.29. The van der Waals surface area contributed by atoms with Gasteiger partial charge in [-0.3, -0.25) is 10.3 Å². The number of carbonyl (C=O) groups excluding carboxylic acids is 1. The van der Waals surface area contributed by atoms with Crippen molar-refractivity contribution in [3.8, 4) is 0 Å². The predicted molar refractivity (Wildman–Crippen MR) is 103 cm³/mol. The Morgan fingerprint density at radius 1 is 1.28 bits per heavy atom. The number of rotatable bonds is 7. The van der Waals surface area contributed by atoms with Crippen molar-refractivity contribution < 1.29 is 4.79 Å². The van der Waals surface area contributed by atoms with Crippen molar-refractivity contribution in [2.75, 3.05) is 18.8 Å². The van der Waals surface area contributed by atoms with Crippen LogP contribution in [0.2, 0.25) is 0 Å². The molecular weight excluding hydrogens is 336 g/mol. The lowest BCUT2D eigenvalue weighted by atomic mass is 10.1. The summed E-state index contributed by atoms with van der Waals surface area (Å²) < 4.78 is 0. The molecule has 1 heterocycles. The van der Waals surface area contributed by atoms with E-state index in [4.69, 9.17) is 11.5 Å². The van der Waals surface area contributed by atoms with Gasteiger partial charge in [0, 0.05) is 18.0 Å². The van der Waals surface area contributed by atoms with Gasteiger partial charge in [-0.05, 0) is 31.7 Å². The largest absolute Gasteiger partial charge is 0.375 e. The second-order valence-electron chi connectivity index (χ2n) is 5.55. The minimum Gasteiger partial charge on any atom is -0.375 e. The average molecular weight is 360 g/mol.